The first-order chi connectivity index (χ1) is 26.4. The monoisotopic (exact) mass is 762 g/mol. The Morgan fingerprint density at radius 3 is 2.59 bits per heavy atom. The molecule has 2 heterocycles. The number of esters is 1. The molecule has 1 atom stereocenters. The number of unbranched alkanes of at least 4 members (excludes halogenated alkanes) is 1. The Morgan fingerprint density at radius 2 is 1.76 bits per heavy atom. The Hall–Kier alpha value is -4.79. The van der Waals surface area contributed by atoms with Crippen molar-refractivity contribution in [3.05, 3.63) is 100 Å². The zero-order chi connectivity index (χ0) is 37.7. The van der Waals surface area contributed by atoms with Crippen LogP contribution in [0.2, 0.25) is 5.02 Å². The van der Waals surface area contributed by atoms with Gasteiger partial charge >= 0.3 is 5.97 Å². The molecule has 1 aromatic heterocycles. The van der Waals surface area contributed by atoms with Gasteiger partial charge in [-0.3, -0.25) is 15.0 Å². The molecule has 286 valence electrons. The number of ether oxygens (including phenoxy) is 5. The predicted molar refractivity (Wildman–Crippen MR) is 200 cm³/mol. The highest BCUT2D eigenvalue weighted by Crippen LogP contribution is 2.35. The third-order valence-corrected chi connectivity index (χ3v) is 9.26. The Kier molecular flexibility index (Phi) is 14.1. The van der Waals surface area contributed by atoms with Crippen molar-refractivity contribution >= 4 is 28.6 Å². The maximum absolute atomic E-state index is 16.0. The summed E-state index contributed by atoms with van der Waals surface area (Å²) < 4.78 is 49.6. The second-order valence-electron chi connectivity index (χ2n) is 12.7. The van der Waals surface area contributed by atoms with Crippen LogP contribution in [0.5, 0.6) is 17.2 Å². The molecule has 0 bridgehead atoms. The van der Waals surface area contributed by atoms with Crippen LogP contribution in [-0.2, 0) is 34.0 Å². The van der Waals surface area contributed by atoms with Gasteiger partial charge in [-0.25, -0.2) is 9.02 Å². The van der Waals surface area contributed by atoms with Gasteiger partial charge in [0.25, 0.3) is 0 Å². The molecule has 1 saturated heterocycles. The number of rotatable bonds is 19. The van der Waals surface area contributed by atoms with Gasteiger partial charge in [0, 0.05) is 42.4 Å². The minimum Gasteiger partial charge on any atom is -0.494 e. The van der Waals surface area contributed by atoms with Crippen molar-refractivity contribution < 1.29 is 42.6 Å². The van der Waals surface area contributed by atoms with Crippen LogP contribution in [0.25, 0.3) is 22.2 Å². The van der Waals surface area contributed by atoms with Crippen LogP contribution in [0.15, 0.2) is 77.4 Å². The highest BCUT2D eigenvalue weighted by molar-refractivity contribution is 6.32. The van der Waals surface area contributed by atoms with E-state index in [0.29, 0.717) is 51.4 Å². The third-order valence-electron chi connectivity index (χ3n) is 8.97. The van der Waals surface area contributed by atoms with Crippen LogP contribution in [0.1, 0.15) is 36.5 Å². The van der Waals surface area contributed by atoms with Crippen molar-refractivity contribution in [1.82, 2.24) is 20.5 Å². The van der Waals surface area contributed by atoms with Crippen LogP contribution in [0.3, 0.4) is 0 Å². The summed E-state index contributed by atoms with van der Waals surface area (Å²) >= 11 is 6.69. The van der Waals surface area contributed by atoms with Gasteiger partial charge in [-0.15, -0.1) is 0 Å². The molecule has 14 heteroatoms. The van der Waals surface area contributed by atoms with Gasteiger partial charge < -0.3 is 28.8 Å². The van der Waals surface area contributed by atoms with Gasteiger partial charge in [0.2, 0.25) is 0 Å². The number of aromatic nitrogens is 2. The molecule has 1 aliphatic heterocycles. The first-order valence-electron chi connectivity index (χ1n) is 18.0. The Morgan fingerprint density at radius 1 is 0.944 bits per heavy atom. The van der Waals surface area contributed by atoms with Gasteiger partial charge in [-0.1, -0.05) is 48.0 Å². The van der Waals surface area contributed by atoms with Gasteiger partial charge in [0.15, 0.2) is 0 Å². The second kappa shape index (κ2) is 19.5. The van der Waals surface area contributed by atoms with E-state index in [1.165, 1.54) is 0 Å². The molecule has 0 amide bonds. The molecule has 0 spiro atoms. The number of nitrogens with zero attached hydrogens (tertiary/aromatic N) is 3. The fraction of sp³-hybridized carbons (Fsp3) is 0.375. The maximum atomic E-state index is 16.0. The second-order valence-corrected chi connectivity index (χ2v) is 13.1. The topological polar surface area (TPSA) is 138 Å². The fourth-order valence-corrected chi connectivity index (χ4v) is 6.25. The zero-order valence-electron chi connectivity index (χ0n) is 30.1. The normalized spacial score (nSPS) is 13.9. The number of aliphatic hydroxyl groups excluding tert-OH is 1. The van der Waals surface area contributed by atoms with Gasteiger partial charge in [-0.05, 0) is 78.1 Å². The number of benzene rings is 4. The summed E-state index contributed by atoms with van der Waals surface area (Å²) in [6, 6.07) is 20.3. The minimum atomic E-state index is -0.956. The molecule has 4 aromatic carbocycles. The largest absolute Gasteiger partial charge is 0.494 e. The molecular weight excluding hydrogens is 719 g/mol. The highest BCUT2D eigenvalue weighted by atomic mass is 35.5. The number of fused-ring (bicyclic) bond motifs is 1. The van der Waals surface area contributed by atoms with E-state index in [9.17, 15) is 9.90 Å². The van der Waals surface area contributed by atoms with Gasteiger partial charge in [0.05, 0.1) is 38.1 Å². The molecule has 1 aliphatic rings. The number of nitrogens with one attached hydrogen (secondary N) is 1. The van der Waals surface area contributed by atoms with Crippen molar-refractivity contribution in [2.75, 3.05) is 52.7 Å². The summed E-state index contributed by atoms with van der Waals surface area (Å²) in [6.45, 7) is 6.67. The summed E-state index contributed by atoms with van der Waals surface area (Å²) in [5.74, 6) is 0.346. The summed E-state index contributed by atoms with van der Waals surface area (Å²) in [5.41, 5.74) is 4.03. The standard InChI is InChI=1S/C40H44ClFN4O8/c1-2-50-40(48)36(24-47)43-23-30-21-33(41)38(22-37(30)52-25-27-11-12-34-35(19-27)45-54-44-34)53-26-29-8-6-10-32(39(29)42)28-7-5-9-31(20-28)51-16-4-3-13-46-14-17-49-18-15-46/h5-12,19-22,36,43,47H,2-4,13-18,23-26H2,1H3/t36-/m1/s1. The van der Waals surface area contributed by atoms with Crippen LogP contribution < -0.4 is 19.5 Å². The predicted octanol–water partition coefficient (Wildman–Crippen LogP) is 6.35. The molecule has 5 aromatic rings. The average Bonchev–Trinajstić information content (AvgIpc) is 3.66. The molecule has 2 N–H and O–H groups in total. The molecule has 12 nitrogen and oxygen atoms in total. The van der Waals surface area contributed by atoms with Crippen molar-refractivity contribution in [1.29, 1.82) is 0 Å². The van der Waals surface area contributed by atoms with E-state index < -0.39 is 24.4 Å². The lowest BCUT2D eigenvalue weighted by Gasteiger charge is -2.26. The molecule has 6 rings (SSSR count). The van der Waals surface area contributed by atoms with Crippen LogP contribution >= 0.6 is 11.6 Å². The van der Waals surface area contributed by atoms with E-state index in [2.05, 4.69) is 20.5 Å². The number of hydrogen-bond donors (Lipinski definition) is 2. The van der Waals surface area contributed by atoms with E-state index >= 15 is 4.39 Å². The van der Waals surface area contributed by atoms with E-state index in [0.717, 1.165) is 51.3 Å². The lowest BCUT2D eigenvalue weighted by atomic mass is 10.0. The van der Waals surface area contributed by atoms with Crippen LogP contribution in [-0.4, -0.2) is 85.0 Å². The summed E-state index contributed by atoms with van der Waals surface area (Å²) in [4.78, 5) is 14.7. The number of morpholine rings is 1. The molecule has 1 fully saturated rings. The number of carbonyl (C=O) groups excluding carboxylic acids is 1. The number of hydrogen-bond acceptors (Lipinski definition) is 12. The average molecular weight is 763 g/mol. The van der Waals surface area contributed by atoms with E-state index in [4.69, 9.17) is 39.9 Å². The number of aliphatic hydroxyl groups is 1. The van der Waals surface area contributed by atoms with Gasteiger partial charge in [-0.2, -0.15) is 0 Å². The van der Waals surface area contributed by atoms with Crippen molar-refractivity contribution in [3.63, 3.8) is 0 Å². The van der Waals surface area contributed by atoms with E-state index in [-0.39, 0.29) is 37.1 Å². The summed E-state index contributed by atoms with van der Waals surface area (Å²) in [5, 5.41) is 20.8. The maximum Gasteiger partial charge on any atom is 0.325 e. The first kappa shape index (κ1) is 38.9. The molecule has 0 unspecified atom stereocenters. The third kappa shape index (κ3) is 10.5. The number of halogens is 2. The van der Waals surface area contributed by atoms with Gasteiger partial charge in [0.1, 0.15) is 53.4 Å². The lowest BCUT2D eigenvalue weighted by Crippen LogP contribution is -2.40. The summed E-state index contributed by atoms with van der Waals surface area (Å²) in [7, 11) is 0. The molecular formula is C40H44ClFN4O8. The molecule has 0 saturated carbocycles. The van der Waals surface area contributed by atoms with E-state index in [1.54, 1.807) is 49.4 Å². The summed E-state index contributed by atoms with van der Waals surface area (Å²) in [6.07, 6.45) is 1.95. The Balaban J connectivity index is 1.13. The Bertz CT molecular complexity index is 1990. The minimum absolute atomic E-state index is 0.110. The molecule has 0 aliphatic carbocycles. The number of carbonyl (C=O) groups is 1. The van der Waals surface area contributed by atoms with E-state index in [1.807, 2.05) is 30.3 Å². The Labute approximate surface area is 318 Å². The van der Waals surface area contributed by atoms with Crippen molar-refractivity contribution in [2.24, 2.45) is 0 Å². The molecule has 54 heavy (non-hydrogen) atoms. The smallest absolute Gasteiger partial charge is 0.325 e. The van der Waals surface area contributed by atoms with Crippen LogP contribution in [0, 0.1) is 5.82 Å². The van der Waals surface area contributed by atoms with Crippen molar-refractivity contribution in [2.45, 2.75) is 45.6 Å². The quantitative estimate of drug-likeness (QED) is 0.0717. The highest BCUT2D eigenvalue weighted by Gasteiger charge is 2.21. The SMILES string of the molecule is CCOC(=O)[C@@H](CO)NCc1cc(Cl)c(OCc2cccc(-c3cccc(OCCCCN4CCOCC4)c3)c2F)cc1OCc1ccc2nonc2c1. The fourth-order valence-electron chi connectivity index (χ4n) is 6.01. The molecule has 0 radical (unpaired) electrons. The van der Waals surface area contributed by atoms with Crippen molar-refractivity contribution in [3.8, 4) is 28.4 Å². The van der Waals surface area contributed by atoms with Crippen LogP contribution in [0.4, 0.5) is 4.39 Å². The zero-order valence-corrected chi connectivity index (χ0v) is 30.9. The lowest BCUT2D eigenvalue weighted by molar-refractivity contribution is -0.146. The first-order valence-corrected chi connectivity index (χ1v) is 18.4.